The van der Waals surface area contributed by atoms with Crippen LogP contribution in [0.15, 0.2) is 54.6 Å². The maximum Gasteiger partial charge on any atom is 0.253 e. The van der Waals surface area contributed by atoms with Gasteiger partial charge in [-0.05, 0) is 56.7 Å². The predicted molar refractivity (Wildman–Crippen MR) is 130 cm³/mol. The van der Waals surface area contributed by atoms with E-state index in [4.69, 9.17) is 26.7 Å². The summed E-state index contributed by atoms with van der Waals surface area (Å²) in [4.78, 5) is 26.7. The molecule has 1 aliphatic heterocycles. The number of hydrogen-bond acceptors (Lipinski definition) is 5. The van der Waals surface area contributed by atoms with E-state index in [1.54, 1.807) is 0 Å². The Bertz CT molecular complexity index is 1300. The molecule has 1 amide bonds. The molecule has 33 heavy (non-hydrogen) atoms. The van der Waals surface area contributed by atoms with E-state index in [0.717, 1.165) is 53.3 Å². The van der Waals surface area contributed by atoms with Gasteiger partial charge in [-0.1, -0.05) is 29.8 Å². The Kier molecular flexibility index (Phi) is 5.72. The smallest absolute Gasteiger partial charge is 0.253 e. The minimum Gasteiger partial charge on any atom is -0.354 e. The molecule has 5 rings (SSSR count). The van der Waals surface area contributed by atoms with Gasteiger partial charge in [-0.3, -0.25) is 4.79 Å². The van der Waals surface area contributed by atoms with Crippen molar-refractivity contribution in [1.29, 1.82) is 0 Å². The number of fused-ring (bicyclic) bond motifs is 1. The van der Waals surface area contributed by atoms with Crippen LogP contribution >= 0.6 is 11.6 Å². The molecule has 168 valence electrons. The lowest BCUT2D eigenvalue weighted by molar-refractivity contribution is 0.0767. The van der Waals surface area contributed by atoms with Crippen LogP contribution in [-0.2, 0) is 0 Å². The highest BCUT2D eigenvalue weighted by molar-refractivity contribution is 6.30. The van der Waals surface area contributed by atoms with Crippen LogP contribution in [0.5, 0.6) is 0 Å². The van der Waals surface area contributed by atoms with Crippen molar-refractivity contribution in [2.45, 2.75) is 20.3 Å². The van der Waals surface area contributed by atoms with Crippen LogP contribution in [0.1, 0.15) is 28.3 Å². The summed E-state index contributed by atoms with van der Waals surface area (Å²) in [6.45, 7) is 6.77. The molecular formula is C25H25ClN6O. The lowest BCUT2D eigenvalue weighted by Gasteiger charge is -2.24. The number of hydrogen-bond donors (Lipinski definition) is 0. The number of benzene rings is 2. The van der Waals surface area contributed by atoms with E-state index in [1.807, 2.05) is 78.0 Å². The number of anilines is 1. The van der Waals surface area contributed by atoms with E-state index in [9.17, 15) is 4.79 Å². The first-order chi connectivity index (χ1) is 16.0. The van der Waals surface area contributed by atoms with Crippen molar-refractivity contribution < 1.29 is 4.79 Å². The molecule has 3 heterocycles. The summed E-state index contributed by atoms with van der Waals surface area (Å²) in [6.07, 6.45) is 0.869. The Morgan fingerprint density at radius 3 is 2.42 bits per heavy atom. The van der Waals surface area contributed by atoms with Crippen LogP contribution in [-0.4, -0.2) is 56.7 Å². The second-order valence-corrected chi connectivity index (χ2v) is 8.70. The molecule has 0 unspecified atom stereocenters. The highest BCUT2D eigenvalue weighted by Crippen LogP contribution is 2.30. The van der Waals surface area contributed by atoms with Crippen molar-refractivity contribution in [3.63, 3.8) is 0 Å². The fraction of sp³-hybridized carbons (Fsp3) is 0.280. The standard InChI is InChI=1S/C25H25ClN6O/c1-17-22-23(27-18(2)28-24(22)32(29-17)21-11-9-20(26)10-12-21)30-13-6-14-31(16-15-30)25(33)19-7-4-3-5-8-19/h3-5,7-12H,6,13-16H2,1-2H3. The van der Waals surface area contributed by atoms with Gasteiger partial charge in [-0.25, -0.2) is 14.6 Å². The number of halogens is 1. The highest BCUT2D eigenvalue weighted by atomic mass is 35.5. The molecular weight excluding hydrogens is 436 g/mol. The maximum absolute atomic E-state index is 13.0. The number of aryl methyl sites for hydroxylation is 2. The predicted octanol–water partition coefficient (Wildman–Crippen LogP) is 4.44. The molecule has 0 saturated carbocycles. The molecule has 0 bridgehead atoms. The molecule has 4 aromatic rings. The second kappa shape index (κ2) is 8.83. The Balaban J connectivity index is 1.47. The molecule has 0 atom stereocenters. The molecule has 0 radical (unpaired) electrons. The van der Waals surface area contributed by atoms with Crippen molar-refractivity contribution in [2.24, 2.45) is 0 Å². The number of carbonyl (C=O) groups excluding carboxylic acids is 1. The van der Waals surface area contributed by atoms with Gasteiger partial charge in [0.05, 0.1) is 16.8 Å². The van der Waals surface area contributed by atoms with E-state index in [0.29, 0.717) is 23.9 Å². The summed E-state index contributed by atoms with van der Waals surface area (Å²) in [5.74, 6) is 1.64. The third-order valence-corrected chi connectivity index (χ3v) is 6.22. The summed E-state index contributed by atoms with van der Waals surface area (Å²) in [6, 6.07) is 17.0. The molecule has 1 aliphatic rings. The van der Waals surface area contributed by atoms with Crippen LogP contribution in [0.2, 0.25) is 5.02 Å². The van der Waals surface area contributed by atoms with E-state index >= 15 is 0 Å². The van der Waals surface area contributed by atoms with Crippen LogP contribution in [0.4, 0.5) is 5.82 Å². The summed E-state index contributed by atoms with van der Waals surface area (Å²) < 4.78 is 1.85. The summed E-state index contributed by atoms with van der Waals surface area (Å²) in [5, 5.41) is 6.39. The van der Waals surface area contributed by atoms with Crippen LogP contribution < -0.4 is 4.90 Å². The number of amides is 1. The molecule has 1 saturated heterocycles. The first kappa shape index (κ1) is 21.4. The van der Waals surface area contributed by atoms with E-state index in [1.165, 1.54) is 0 Å². The number of rotatable bonds is 3. The van der Waals surface area contributed by atoms with Gasteiger partial charge in [-0.15, -0.1) is 0 Å². The first-order valence-electron chi connectivity index (χ1n) is 11.1. The molecule has 0 N–H and O–H groups in total. The monoisotopic (exact) mass is 460 g/mol. The van der Waals surface area contributed by atoms with Gasteiger partial charge < -0.3 is 9.80 Å². The highest BCUT2D eigenvalue weighted by Gasteiger charge is 2.25. The van der Waals surface area contributed by atoms with E-state index < -0.39 is 0 Å². The van der Waals surface area contributed by atoms with Gasteiger partial charge in [0.25, 0.3) is 5.91 Å². The topological polar surface area (TPSA) is 67.2 Å². The maximum atomic E-state index is 13.0. The third-order valence-electron chi connectivity index (χ3n) is 5.97. The number of aromatic nitrogens is 4. The number of nitrogens with zero attached hydrogens (tertiary/aromatic N) is 6. The number of carbonyl (C=O) groups is 1. The van der Waals surface area contributed by atoms with Crippen LogP contribution in [0.25, 0.3) is 16.7 Å². The summed E-state index contributed by atoms with van der Waals surface area (Å²) >= 11 is 6.07. The SMILES string of the molecule is Cc1nc(N2CCCN(C(=O)c3ccccc3)CC2)c2c(C)nn(-c3ccc(Cl)cc3)c2n1. The normalized spacial score (nSPS) is 14.5. The Morgan fingerprint density at radius 2 is 1.67 bits per heavy atom. The van der Waals surface area contributed by atoms with Crippen LogP contribution in [0, 0.1) is 13.8 Å². The summed E-state index contributed by atoms with van der Waals surface area (Å²) in [5.41, 5.74) is 3.28. The Hall–Kier alpha value is -3.45. The lowest BCUT2D eigenvalue weighted by Crippen LogP contribution is -2.35. The lowest BCUT2D eigenvalue weighted by atomic mass is 10.2. The first-order valence-corrected chi connectivity index (χ1v) is 11.5. The zero-order chi connectivity index (χ0) is 22.9. The van der Waals surface area contributed by atoms with E-state index in [2.05, 4.69) is 4.90 Å². The molecule has 2 aromatic heterocycles. The zero-order valence-electron chi connectivity index (χ0n) is 18.7. The van der Waals surface area contributed by atoms with Gasteiger partial charge in [0, 0.05) is 36.8 Å². The van der Waals surface area contributed by atoms with Crippen molar-refractivity contribution in [1.82, 2.24) is 24.6 Å². The average molecular weight is 461 g/mol. The third kappa shape index (κ3) is 4.16. The quantitative estimate of drug-likeness (QED) is 0.452. The zero-order valence-corrected chi connectivity index (χ0v) is 19.5. The van der Waals surface area contributed by atoms with Crippen molar-refractivity contribution in [3.05, 3.63) is 76.7 Å². The van der Waals surface area contributed by atoms with Gasteiger partial charge in [-0.2, -0.15) is 5.10 Å². The van der Waals surface area contributed by atoms with Gasteiger partial charge in [0.2, 0.25) is 0 Å². The second-order valence-electron chi connectivity index (χ2n) is 8.27. The molecule has 0 spiro atoms. The fourth-order valence-electron chi connectivity index (χ4n) is 4.35. The van der Waals surface area contributed by atoms with Crippen molar-refractivity contribution >= 4 is 34.4 Å². The molecule has 1 fully saturated rings. The largest absolute Gasteiger partial charge is 0.354 e. The Morgan fingerprint density at radius 1 is 0.909 bits per heavy atom. The molecule has 7 nitrogen and oxygen atoms in total. The van der Waals surface area contributed by atoms with Crippen LogP contribution in [0.3, 0.4) is 0 Å². The minimum absolute atomic E-state index is 0.0770. The molecule has 0 aliphatic carbocycles. The van der Waals surface area contributed by atoms with Gasteiger partial charge in [0.15, 0.2) is 5.65 Å². The Labute approximate surface area is 197 Å². The van der Waals surface area contributed by atoms with Crippen molar-refractivity contribution in [3.8, 4) is 5.69 Å². The summed E-state index contributed by atoms with van der Waals surface area (Å²) in [7, 11) is 0. The van der Waals surface area contributed by atoms with Gasteiger partial charge >= 0.3 is 0 Å². The minimum atomic E-state index is 0.0770. The van der Waals surface area contributed by atoms with E-state index in [-0.39, 0.29) is 5.91 Å². The fourth-order valence-corrected chi connectivity index (χ4v) is 4.48. The molecule has 8 heteroatoms. The van der Waals surface area contributed by atoms with Crippen molar-refractivity contribution in [2.75, 3.05) is 31.1 Å². The van der Waals surface area contributed by atoms with Gasteiger partial charge in [0.1, 0.15) is 11.6 Å². The average Bonchev–Trinajstić information content (AvgIpc) is 2.99. The molecule has 2 aromatic carbocycles.